The van der Waals surface area contributed by atoms with Crippen LogP contribution in [0.4, 0.5) is 20.5 Å². The van der Waals surface area contributed by atoms with Gasteiger partial charge in [0, 0.05) is 0 Å². The molecule has 250 valence electrons. The van der Waals surface area contributed by atoms with Gasteiger partial charge in [0.25, 0.3) is 5.56 Å². The fraction of sp³-hybridized carbons (Fsp3) is 0.524. The Hall–Kier alpha value is -3.50. The lowest BCUT2D eigenvalue weighted by atomic mass is 10.1. The smallest absolute Gasteiger partial charge is 0.394 e. The highest BCUT2D eigenvalue weighted by atomic mass is 31.2. The monoisotopic (exact) mass is 694 g/mol. The van der Waals surface area contributed by atoms with Crippen LogP contribution in [0.25, 0.3) is 22.3 Å². The molecular weight excluding hydrogens is 668 g/mol. The molecule has 0 aliphatic carbocycles. The first kappa shape index (κ1) is 32.4. The Bertz CT molecular complexity index is 1880. The maximum Gasteiger partial charge on any atom is 0.472 e. The van der Waals surface area contributed by atoms with E-state index in [1.165, 1.54) is 0 Å². The van der Waals surface area contributed by atoms with Gasteiger partial charge in [-0.1, -0.05) is 0 Å². The Morgan fingerprint density at radius 3 is 2.37 bits per heavy atom. The van der Waals surface area contributed by atoms with Gasteiger partial charge in [-0.15, -0.1) is 0 Å². The molecule has 0 bridgehead atoms. The maximum atomic E-state index is 15.7. The molecule has 21 nitrogen and oxygen atoms in total. The zero-order valence-corrected chi connectivity index (χ0v) is 25.0. The maximum absolute atomic E-state index is 15.7. The molecule has 0 aromatic carbocycles. The number of aliphatic hydroxyl groups excluding tert-OH is 1. The van der Waals surface area contributed by atoms with Crippen LogP contribution in [0.3, 0.4) is 0 Å². The summed E-state index contributed by atoms with van der Waals surface area (Å²) in [6.45, 7) is -1.75. The van der Waals surface area contributed by atoms with Crippen LogP contribution in [0.5, 0.6) is 0 Å². The van der Waals surface area contributed by atoms with Crippen molar-refractivity contribution in [3.63, 3.8) is 0 Å². The van der Waals surface area contributed by atoms with Crippen molar-refractivity contribution in [1.29, 1.82) is 0 Å². The van der Waals surface area contributed by atoms with E-state index >= 15 is 8.78 Å². The second-order valence-electron chi connectivity index (χ2n) is 10.1. The zero-order chi connectivity index (χ0) is 32.9. The number of imidazole rings is 2. The van der Waals surface area contributed by atoms with Crippen LogP contribution in [0, 0.1) is 0 Å². The molecule has 2 aliphatic rings. The SMILES string of the molecule is Nc1nc2c(ncn2[C@@H]2O[C@H](COP(=O)(O)OC3[C@@H](CO)O[C@@H](n4cnc5c(N)ncnc54)[C@H]3F)[C@H](OC[PH](=O)O)C2F)c(=O)[nH]1. The zero-order valence-electron chi connectivity index (χ0n) is 23.1. The Labute approximate surface area is 254 Å². The number of nitrogens with zero attached hydrogens (tertiary/aromatic N) is 7. The summed E-state index contributed by atoms with van der Waals surface area (Å²) < 4.78 is 84.4. The highest BCUT2D eigenvalue weighted by molar-refractivity contribution is 7.47. The molecule has 25 heteroatoms. The summed E-state index contributed by atoms with van der Waals surface area (Å²) in [7, 11) is -8.47. The number of halogens is 2. The van der Waals surface area contributed by atoms with E-state index in [4.69, 9.17) is 34.7 Å². The van der Waals surface area contributed by atoms with Crippen LogP contribution < -0.4 is 17.0 Å². The van der Waals surface area contributed by atoms with Gasteiger partial charge in [-0.2, -0.15) is 4.98 Å². The van der Waals surface area contributed by atoms with Crippen LogP contribution in [0.1, 0.15) is 12.5 Å². The minimum Gasteiger partial charge on any atom is -0.394 e. The van der Waals surface area contributed by atoms with Crippen LogP contribution in [0.15, 0.2) is 23.8 Å². The molecular formula is C21H26F2N10O11P2. The Morgan fingerprint density at radius 1 is 1.02 bits per heavy atom. The van der Waals surface area contributed by atoms with E-state index in [0.717, 1.165) is 28.1 Å². The second-order valence-corrected chi connectivity index (χ2v) is 12.5. The third-order valence-corrected chi connectivity index (χ3v) is 8.55. The molecule has 6 rings (SSSR count). The Morgan fingerprint density at radius 2 is 1.67 bits per heavy atom. The van der Waals surface area contributed by atoms with Crippen LogP contribution in [-0.4, -0.2) is 110 Å². The quantitative estimate of drug-likeness (QED) is 0.101. The molecule has 10 atom stereocenters. The Balaban J connectivity index is 1.19. The first-order chi connectivity index (χ1) is 21.9. The molecule has 2 aliphatic heterocycles. The summed E-state index contributed by atoms with van der Waals surface area (Å²) in [4.78, 5) is 53.8. The van der Waals surface area contributed by atoms with Crippen molar-refractivity contribution in [2.45, 2.75) is 49.2 Å². The standard InChI is InChI=1S/C21H26F2N10O11P2/c22-9-13(40-6-45(36)37)8(43-19(9)33-5-29-12-17(33)30-21(25)31-18(12)35)2-41-46(38,39)44-14-7(1-34)42-20(10(14)23)32-4-28-11-15(24)26-3-27-16(11)32/h3-5,7-10,13-14,19-20,34,45H,1-2,6H2,(H,36,37)(H,38,39)(H2,24,26,27)(H3,25,30,31,35)/t7-,8-,9?,10+,13+,14?,19-,20-/m1/s1. The number of hydrogen-bond donors (Lipinski definition) is 6. The molecule has 4 aromatic rings. The number of aliphatic hydroxyl groups is 1. The molecule has 2 fully saturated rings. The Kier molecular flexibility index (Phi) is 8.89. The number of fused-ring (bicyclic) bond motifs is 2. The van der Waals surface area contributed by atoms with Crippen LogP contribution in [0.2, 0.25) is 0 Å². The predicted octanol–water partition coefficient (Wildman–Crippen LogP) is -1.10. The van der Waals surface area contributed by atoms with Gasteiger partial charge in [-0.25, -0.2) is 33.3 Å². The summed E-state index contributed by atoms with van der Waals surface area (Å²) in [5, 5.41) is 9.81. The van der Waals surface area contributed by atoms with Gasteiger partial charge in [0.15, 0.2) is 47.4 Å². The number of aromatic nitrogens is 8. The molecule has 0 saturated carbocycles. The molecule has 0 amide bonds. The molecule has 4 aromatic heterocycles. The number of nitrogen functional groups attached to an aromatic ring is 2. The molecule has 0 radical (unpaired) electrons. The normalized spacial score (nSPS) is 30.3. The average Bonchev–Trinajstić information content (AvgIpc) is 3.76. The molecule has 8 N–H and O–H groups in total. The van der Waals surface area contributed by atoms with Crippen LogP contribution in [-0.2, 0) is 32.4 Å². The van der Waals surface area contributed by atoms with Crippen molar-refractivity contribution in [3.8, 4) is 0 Å². The number of aromatic amines is 1. The molecule has 0 spiro atoms. The number of hydrogen-bond acceptors (Lipinski definition) is 16. The van der Waals surface area contributed by atoms with Gasteiger partial charge >= 0.3 is 7.82 Å². The van der Waals surface area contributed by atoms with Gasteiger partial charge in [0.1, 0.15) is 42.6 Å². The van der Waals surface area contributed by atoms with Crippen molar-refractivity contribution in [3.05, 3.63) is 29.3 Å². The summed E-state index contributed by atoms with van der Waals surface area (Å²) in [5.41, 5.74) is 10.5. The average molecular weight is 694 g/mol. The number of nitrogens with two attached hydrogens (primary N) is 2. The molecule has 4 unspecified atom stereocenters. The third kappa shape index (κ3) is 6.01. The van der Waals surface area contributed by atoms with Crippen molar-refractivity contribution >= 4 is 49.9 Å². The summed E-state index contributed by atoms with van der Waals surface area (Å²) in [5.74, 6) is -0.297. The largest absolute Gasteiger partial charge is 0.472 e. The van der Waals surface area contributed by atoms with E-state index < -0.39 is 90.2 Å². The fourth-order valence-electron chi connectivity index (χ4n) is 5.15. The number of nitrogens with one attached hydrogen (secondary N) is 1. The lowest BCUT2D eigenvalue weighted by Gasteiger charge is -2.23. The number of rotatable bonds is 11. The van der Waals surface area contributed by atoms with Gasteiger partial charge in [0.05, 0.1) is 25.9 Å². The first-order valence-corrected chi connectivity index (χ1v) is 16.3. The van der Waals surface area contributed by atoms with Crippen molar-refractivity contribution in [2.75, 3.05) is 31.0 Å². The highest BCUT2D eigenvalue weighted by Crippen LogP contribution is 2.50. The highest BCUT2D eigenvalue weighted by Gasteiger charge is 2.52. The molecule has 6 heterocycles. The minimum absolute atomic E-state index is 0.00727. The number of anilines is 2. The van der Waals surface area contributed by atoms with Gasteiger partial charge in [-0.3, -0.25) is 32.5 Å². The van der Waals surface area contributed by atoms with E-state index in [0.29, 0.717) is 0 Å². The number of ether oxygens (including phenoxy) is 3. The van der Waals surface area contributed by atoms with E-state index in [-0.39, 0.29) is 34.1 Å². The number of H-pyrrole nitrogens is 1. The minimum atomic E-state index is -5.22. The number of phosphoric ester groups is 1. The first-order valence-electron chi connectivity index (χ1n) is 13.2. The lowest BCUT2D eigenvalue weighted by Crippen LogP contribution is -2.35. The fourth-order valence-corrected chi connectivity index (χ4v) is 6.44. The van der Waals surface area contributed by atoms with Crippen LogP contribution >= 0.6 is 15.9 Å². The summed E-state index contributed by atoms with van der Waals surface area (Å²) >= 11 is 0. The van der Waals surface area contributed by atoms with Gasteiger partial charge in [-0.05, 0) is 0 Å². The second kappa shape index (κ2) is 12.6. The van der Waals surface area contributed by atoms with E-state index in [1.54, 1.807) is 0 Å². The van der Waals surface area contributed by atoms with Crippen molar-refractivity contribution < 1.29 is 56.1 Å². The summed E-state index contributed by atoms with van der Waals surface area (Å²) in [6.07, 6.45) is -11.4. The van der Waals surface area contributed by atoms with Crippen molar-refractivity contribution in [1.82, 2.24) is 39.0 Å². The summed E-state index contributed by atoms with van der Waals surface area (Å²) in [6, 6.07) is 0. The number of alkyl halides is 2. The lowest BCUT2D eigenvalue weighted by molar-refractivity contribution is -0.0618. The number of phosphoric acid groups is 1. The van der Waals surface area contributed by atoms with E-state index in [9.17, 15) is 28.8 Å². The van der Waals surface area contributed by atoms with E-state index in [2.05, 4.69) is 29.9 Å². The topological polar surface area (TPSA) is 300 Å². The van der Waals surface area contributed by atoms with Crippen molar-refractivity contribution in [2.24, 2.45) is 0 Å². The predicted molar refractivity (Wildman–Crippen MR) is 149 cm³/mol. The van der Waals surface area contributed by atoms with Gasteiger partial charge in [0.2, 0.25) is 14.0 Å². The van der Waals surface area contributed by atoms with E-state index in [1.807, 2.05) is 0 Å². The van der Waals surface area contributed by atoms with Gasteiger partial charge < -0.3 is 40.6 Å². The molecule has 2 saturated heterocycles. The molecule has 46 heavy (non-hydrogen) atoms. The third-order valence-electron chi connectivity index (χ3n) is 7.16.